The highest BCUT2D eigenvalue weighted by molar-refractivity contribution is 7.89. The Morgan fingerprint density at radius 3 is 2.54 bits per heavy atom. The predicted octanol–water partition coefficient (Wildman–Crippen LogP) is 3.52. The minimum Gasteiger partial charge on any atom is -0.495 e. The zero-order valence-electron chi connectivity index (χ0n) is 15.6. The van der Waals surface area contributed by atoms with Crippen molar-refractivity contribution in [1.82, 2.24) is 4.31 Å². The number of methoxy groups -OCH3 is 1. The first-order valence-electron chi connectivity index (χ1n) is 8.22. The number of sulfonamides is 1. The maximum absolute atomic E-state index is 12.5. The van der Waals surface area contributed by atoms with Gasteiger partial charge in [0, 0.05) is 24.7 Å². The topological polar surface area (TPSA) is 75.7 Å². The van der Waals surface area contributed by atoms with Crippen molar-refractivity contribution in [2.45, 2.75) is 31.6 Å². The zero-order chi connectivity index (χ0) is 19.5. The normalized spacial score (nSPS) is 11.6. The van der Waals surface area contributed by atoms with E-state index in [0.29, 0.717) is 10.6 Å². The van der Waals surface area contributed by atoms with Gasteiger partial charge < -0.3 is 10.1 Å². The van der Waals surface area contributed by atoms with Crippen LogP contribution in [0.2, 0.25) is 0 Å². The molecule has 0 aliphatic rings. The van der Waals surface area contributed by atoms with E-state index in [0.717, 1.165) is 22.0 Å². The molecule has 1 aromatic heterocycles. The van der Waals surface area contributed by atoms with Crippen LogP contribution < -0.4 is 10.1 Å². The van der Waals surface area contributed by atoms with Crippen LogP contribution in [0.5, 0.6) is 5.75 Å². The number of hydrogen-bond acceptors (Lipinski definition) is 5. The van der Waals surface area contributed by atoms with Gasteiger partial charge in [-0.05, 0) is 43.2 Å². The summed E-state index contributed by atoms with van der Waals surface area (Å²) in [7, 11) is 0.612. The van der Waals surface area contributed by atoms with E-state index in [2.05, 4.69) is 12.2 Å². The van der Waals surface area contributed by atoms with Gasteiger partial charge in [0.15, 0.2) is 0 Å². The number of anilines is 1. The molecular formula is C18H24N2O4S2. The van der Waals surface area contributed by atoms with Crippen molar-refractivity contribution in [2.24, 2.45) is 0 Å². The Kier molecular flexibility index (Phi) is 6.44. The quantitative estimate of drug-likeness (QED) is 0.777. The van der Waals surface area contributed by atoms with Gasteiger partial charge in [0.1, 0.15) is 10.6 Å². The summed E-state index contributed by atoms with van der Waals surface area (Å²) in [5.41, 5.74) is 1.58. The molecule has 0 saturated carbocycles. The third kappa shape index (κ3) is 4.25. The molecule has 0 saturated heterocycles. The zero-order valence-corrected chi connectivity index (χ0v) is 17.3. The van der Waals surface area contributed by atoms with Crippen LogP contribution >= 0.6 is 11.3 Å². The number of nitrogens with one attached hydrogen (secondary N) is 1. The summed E-state index contributed by atoms with van der Waals surface area (Å²) in [6.07, 6.45) is 1.95. The third-order valence-electron chi connectivity index (χ3n) is 3.94. The number of benzene rings is 1. The maximum atomic E-state index is 12.5. The first-order valence-corrected chi connectivity index (χ1v) is 10.5. The Labute approximate surface area is 158 Å². The lowest BCUT2D eigenvalue weighted by Gasteiger charge is -2.15. The minimum atomic E-state index is -3.69. The number of amides is 1. The molecule has 0 aliphatic heterocycles. The van der Waals surface area contributed by atoms with Crippen LogP contribution in [0.25, 0.3) is 0 Å². The number of carbonyl (C=O) groups excluding carboxylic acids is 1. The first kappa shape index (κ1) is 20.4. The molecule has 2 rings (SSSR count). The van der Waals surface area contributed by atoms with Crippen LogP contribution in [-0.2, 0) is 16.4 Å². The fourth-order valence-electron chi connectivity index (χ4n) is 2.49. The standard InChI is InChI=1S/C18H24N2O4S2/c1-6-7-13-10-16(25-12(13)2)18(21)19-14-8-9-15(24-5)17(11-14)26(22,23)20(3)4/h8-11H,6-7H2,1-5H3,(H,19,21). The molecule has 1 N–H and O–H groups in total. The Morgan fingerprint density at radius 2 is 1.96 bits per heavy atom. The summed E-state index contributed by atoms with van der Waals surface area (Å²) >= 11 is 1.44. The predicted molar refractivity (Wildman–Crippen MR) is 105 cm³/mol. The molecule has 0 spiro atoms. The number of hydrogen-bond donors (Lipinski definition) is 1. The van der Waals surface area contributed by atoms with Crippen molar-refractivity contribution in [2.75, 3.05) is 26.5 Å². The van der Waals surface area contributed by atoms with Gasteiger partial charge in [0.05, 0.1) is 12.0 Å². The SMILES string of the molecule is CCCc1cc(C(=O)Nc2ccc(OC)c(S(=O)(=O)N(C)C)c2)sc1C. The van der Waals surface area contributed by atoms with Crippen LogP contribution in [0.15, 0.2) is 29.2 Å². The number of rotatable bonds is 7. The largest absolute Gasteiger partial charge is 0.495 e. The summed E-state index contributed by atoms with van der Waals surface area (Å²) in [5, 5.41) is 2.78. The summed E-state index contributed by atoms with van der Waals surface area (Å²) in [6.45, 7) is 4.10. The van der Waals surface area contributed by atoms with Crippen LogP contribution in [0, 0.1) is 6.92 Å². The summed E-state index contributed by atoms with van der Waals surface area (Å²) < 4.78 is 31.2. The lowest BCUT2D eigenvalue weighted by molar-refractivity contribution is 0.103. The van der Waals surface area contributed by atoms with E-state index in [1.54, 1.807) is 6.07 Å². The molecule has 0 radical (unpaired) electrons. The maximum Gasteiger partial charge on any atom is 0.265 e. The summed E-state index contributed by atoms with van der Waals surface area (Å²) in [5.74, 6) is -0.0206. The number of nitrogens with zero attached hydrogens (tertiary/aromatic N) is 1. The summed E-state index contributed by atoms with van der Waals surface area (Å²) in [6, 6.07) is 6.48. The van der Waals surface area contributed by atoms with E-state index >= 15 is 0 Å². The van der Waals surface area contributed by atoms with E-state index in [1.165, 1.54) is 50.2 Å². The Morgan fingerprint density at radius 1 is 1.27 bits per heavy atom. The van der Waals surface area contributed by atoms with E-state index in [-0.39, 0.29) is 16.6 Å². The average Bonchev–Trinajstić information content (AvgIpc) is 2.96. The lowest BCUT2D eigenvalue weighted by atomic mass is 10.1. The molecule has 0 fully saturated rings. The lowest BCUT2D eigenvalue weighted by Crippen LogP contribution is -2.23. The van der Waals surface area contributed by atoms with Gasteiger partial charge in [0.25, 0.3) is 5.91 Å². The Hall–Kier alpha value is -1.90. The molecule has 1 aromatic carbocycles. The average molecular weight is 397 g/mol. The molecule has 2 aromatic rings. The minimum absolute atomic E-state index is 0.0110. The van der Waals surface area contributed by atoms with E-state index < -0.39 is 10.0 Å². The highest BCUT2D eigenvalue weighted by atomic mass is 32.2. The van der Waals surface area contributed by atoms with Crippen LogP contribution in [-0.4, -0.2) is 39.8 Å². The second-order valence-corrected chi connectivity index (χ2v) is 9.43. The van der Waals surface area contributed by atoms with Crippen LogP contribution in [0.1, 0.15) is 33.5 Å². The Bertz CT molecular complexity index is 902. The molecular weight excluding hydrogens is 372 g/mol. The van der Waals surface area contributed by atoms with Gasteiger partial charge in [-0.15, -0.1) is 11.3 Å². The van der Waals surface area contributed by atoms with Crippen LogP contribution in [0.3, 0.4) is 0 Å². The van der Waals surface area contributed by atoms with Crippen molar-refractivity contribution in [1.29, 1.82) is 0 Å². The second kappa shape index (κ2) is 8.20. The van der Waals surface area contributed by atoms with Crippen molar-refractivity contribution in [3.63, 3.8) is 0 Å². The van der Waals surface area contributed by atoms with Gasteiger partial charge >= 0.3 is 0 Å². The molecule has 1 amide bonds. The molecule has 0 bridgehead atoms. The van der Waals surface area contributed by atoms with Gasteiger partial charge in [-0.2, -0.15) is 0 Å². The molecule has 0 atom stereocenters. The highest BCUT2D eigenvalue weighted by Gasteiger charge is 2.23. The van der Waals surface area contributed by atoms with E-state index in [1.807, 2.05) is 13.0 Å². The molecule has 6 nitrogen and oxygen atoms in total. The number of aryl methyl sites for hydroxylation is 2. The fraction of sp³-hybridized carbons (Fsp3) is 0.389. The van der Waals surface area contributed by atoms with Gasteiger partial charge in [-0.25, -0.2) is 12.7 Å². The van der Waals surface area contributed by atoms with Crippen molar-refractivity contribution in [3.05, 3.63) is 39.6 Å². The number of carbonyl (C=O) groups is 1. The molecule has 1 heterocycles. The summed E-state index contributed by atoms with van der Waals surface area (Å²) in [4.78, 5) is 14.3. The van der Waals surface area contributed by atoms with Gasteiger partial charge in [-0.3, -0.25) is 4.79 Å². The fourth-order valence-corrected chi connectivity index (χ4v) is 4.54. The van der Waals surface area contributed by atoms with Gasteiger partial charge in [0.2, 0.25) is 10.0 Å². The first-order chi connectivity index (χ1) is 12.2. The highest BCUT2D eigenvalue weighted by Crippen LogP contribution is 2.30. The molecule has 142 valence electrons. The molecule has 0 aliphatic carbocycles. The van der Waals surface area contributed by atoms with Gasteiger partial charge in [-0.1, -0.05) is 13.3 Å². The smallest absolute Gasteiger partial charge is 0.265 e. The third-order valence-corrected chi connectivity index (χ3v) is 6.87. The van der Waals surface area contributed by atoms with Crippen molar-refractivity contribution in [3.8, 4) is 5.75 Å². The Balaban J connectivity index is 2.32. The monoisotopic (exact) mass is 396 g/mol. The molecule has 26 heavy (non-hydrogen) atoms. The number of thiophene rings is 1. The van der Waals surface area contributed by atoms with Crippen molar-refractivity contribution < 1.29 is 17.9 Å². The van der Waals surface area contributed by atoms with E-state index in [9.17, 15) is 13.2 Å². The number of ether oxygens (including phenoxy) is 1. The van der Waals surface area contributed by atoms with E-state index in [4.69, 9.17) is 4.74 Å². The van der Waals surface area contributed by atoms with Crippen LogP contribution in [0.4, 0.5) is 5.69 Å². The van der Waals surface area contributed by atoms with Crippen molar-refractivity contribution >= 4 is 33.0 Å². The molecule has 0 unspecified atom stereocenters. The molecule has 8 heteroatoms. The second-order valence-electron chi connectivity index (χ2n) is 6.05.